The van der Waals surface area contributed by atoms with E-state index in [4.69, 9.17) is 0 Å². The minimum absolute atomic E-state index is 0.0779. The van der Waals surface area contributed by atoms with Crippen molar-refractivity contribution in [3.05, 3.63) is 0 Å². The fourth-order valence-corrected chi connectivity index (χ4v) is 1.84. The summed E-state index contributed by atoms with van der Waals surface area (Å²) in [6.07, 6.45) is 0.651. The lowest BCUT2D eigenvalue weighted by atomic mass is 9.70. The van der Waals surface area contributed by atoms with Crippen LogP contribution in [0.2, 0.25) is 0 Å². The molecule has 0 aromatic heterocycles. The van der Waals surface area contributed by atoms with Gasteiger partial charge in [0.1, 0.15) is 0 Å². The molecule has 1 aliphatic carbocycles. The summed E-state index contributed by atoms with van der Waals surface area (Å²) in [5.41, 5.74) is -2.74. The summed E-state index contributed by atoms with van der Waals surface area (Å²) in [4.78, 5) is 22.5. The molecule has 0 bridgehead atoms. The molecule has 1 atom stereocenters. The number of halogens is 1. The lowest BCUT2D eigenvalue weighted by Gasteiger charge is -2.36. The Morgan fingerprint density at radius 2 is 2.07 bits per heavy atom. The van der Waals surface area contributed by atoms with Crippen molar-refractivity contribution in [3.63, 3.8) is 0 Å². The van der Waals surface area contributed by atoms with Gasteiger partial charge in [-0.05, 0) is 11.8 Å². The summed E-state index contributed by atoms with van der Waals surface area (Å²) in [6, 6.07) is 0. The largest absolute Gasteiger partial charge is 0.466 e. The second kappa shape index (κ2) is 3.33. The third kappa shape index (κ3) is 1.79. The number of carbonyl (C=O) groups is 2. The van der Waals surface area contributed by atoms with Gasteiger partial charge in [0.25, 0.3) is 5.67 Å². The lowest BCUT2D eigenvalue weighted by molar-refractivity contribution is -0.165. The van der Waals surface area contributed by atoms with Crippen LogP contribution in [0.15, 0.2) is 0 Å². The number of ether oxygens (including phenoxy) is 1. The van der Waals surface area contributed by atoms with E-state index in [2.05, 4.69) is 4.74 Å². The lowest BCUT2D eigenvalue weighted by Crippen LogP contribution is -2.49. The van der Waals surface area contributed by atoms with Crippen LogP contribution in [-0.4, -0.2) is 24.5 Å². The highest BCUT2D eigenvalue weighted by molar-refractivity contribution is 6.07. The van der Waals surface area contributed by atoms with Gasteiger partial charge in [-0.1, -0.05) is 13.8 Å². The van der Waals surface area contributed by atoms with E-state index in [9.17, 15) is 14.0 Å². The zero-order valence-corrected chi connectivity index (χ0v) is 8.72. The molecule has 0 N–H and O–H groups in total. The number of alkyl halides is 1. The smallest absolute Gasteiger partial charge is 0.351 e. The zero-order chi connectivity index (χ0) is 11.0. The van der Waals surface area contributed by atoms with Gasteiger partial charge in [0.05, 0.1) is 7.11 Å². The standard InChI is InChI=1S/C10H15FO3/c1-9(2)5-4-7(12)10(11,6-9)8(13)14-3/h4-6H2,1-3H3. The molecule has 0 heterocycles. The van der Waals surface area contributed by atoms with Crippen LogP contribution in [0.3, 0.4) is 0 Å². The van der Waals surface area contributed by atoms with Crippen molar-refractivity contribution in [1.82, 2.24) is 0 Å². The number of ketones is 1. The highest BCUT2D eigenvalue weighted by Crippen LogP contribution is 2.41. The van der Waals surface area contributed by atoms with Gasteiger partial charge in [-0.3, -0.25) is 4.79 Å². The Kier molecular flexibility index (Phi) is 2.65. The van der Waals surface area contributed by atoms with Crippen molar-refractivity contribution in [2.75, 3.05) is 7.11 Å². The number of esters is 1. The Labute approximate surface area is 82.6 Å². The Morgan fingerprint density at radius 3 is 2.57 bits per heavy atom. The van der Waals surface area contributed by atoms with E-state index in [0.29, 0.717) is 6.42 Å². The molecule has 14 heavy (non-hydrogen) atoms. The highest BCUT2D eigenvalue weighted by atomic mass is 19.1. The second-order valence-corrected chi connectivity index (χ2v) is 4.56. The molecule has 1 aliphatic rings. The van der Waals surface area contributed by atoms with Crippen LogP contribution >= 0.6 is 0 Å². The number of carbonyl (C=O) groups excluding carboxylic acids is 2. The van der Waals surface area contributed by atoms with Crippen LogP contribution in [0, 0.1) is 5.41 Å². The average molecular weight is 202 g/mol. The Bertz CT molecular complexity index is 263. The molecule has 1 fully saturated rings. The minimum Gasteiger partial charge on any atom is -0.466 e. The SMILES string of the molecule is COC(=O)C1(F)CC(C)(C)CCC1=O. The van der Waals surface area contributed by atoms with Crippen LogP contribution in [0.5, 0.6) is 0 Å². The average Bonchev–Trinajstić information content (AvgIpc) is 2.10. The van der Waals surface area contributed by atoms with Crippen LogP contribution < -0.4 is 0 Å². The number of methoxy groups -OCH3 is 1. The van der Waals surface area contributed by atoms with Gasteiger partial charge in [0.2, 0.25) is 0 Å². The first kappa shape index (κ1) is 11.1. The molecule has 0 aromatic rings. The van der Waals surface area contributed by atoms with Crippen molar-refractivity contribution >= 4 is 11.8 Å². The van der Waals surface area contributed by atoms with Crippen LogP contribution in [0.1, 0.15) is 33.1 Å². The predicted molar refractivity (Wildman–Crippen MR) is 48.5 cm³/mol. The van der Waals surface area contributed by atoms with Gasteiger partial charge in [-0.15, -0.1) is 0 Å². The molecule has 1 saturated carbocycles. The van der Waals surface area contributed by atoms with Gasteiger partial charge in [0, 0.05) is 12.8 Å². The van der Waals surface area contributed by atoms with E-state index in [1.807, 2.05) is 13.8 Å². The number of Topliss-reactive ketones (excluding diaryl/α,β-unsaturated/α-hetero) is 1. The molecule has 0 saturated heterocycles. The molecule has 0 amide bonds. The van der Waals surface area contributed by atoms with E-state index in [1.165, 1.54) is 0 Å². The van der Waals surface area contributed by atoms with Crippen molar-refractivity contribution < 1.29 is 18.7 Å². The van der Waals surface area contributed by atoms with Crippen LogP contribution in [-0.2, 0) is 14.3 Å². The molecule has 1 unspecified atom stereocenters. The maximum atomic E-state index is 14.0. The first-order valence-electron chi connectivity index (χ1n) is 4.62. The maximum Gasteiger partial charge on any atom is 0.351 e. The number of rotatable bonds is 1. The van der Waals surface area contributed by atoms with Gasteiger partial charge in [0.15, 0.2) is 5.78 Å². The van der Waals surface area contributed by atoms with Crippen molar-refractivity contribution in [1.29, 1.82) is 0 Å². The van der Waals surface area contributed by atoms with E-state index in [0.717, 1.165) is 7.11 Å². The van der Waals surface area contributed by atoms with Crippen LogP contribution in [0.4, 0.5) is 4.39 Å². The van der Waals surface area contributed by atoms with E-state index >= 15 is 0 Å². The molecule has 0 radical (unpaired) electrons. The molecule has 80 valence electrons. The van der Waals surface area contributed by atoms with Crippen molar-refractivity contribution in [2.24, 2.45) is 5.41 Å². The monoisotopic (exact) mass is 202 g/mol. The Balaban J connectivity index is 2.94. The first-order chi connectivity index (χ1) is 6.32. The van der Waals surface area contributed by atoms with Crippen LogP contribution in [0.25, 0.3) is 0 Å². The second-order valence-electron chi connectivity index (χ2n) is 4.56. The van der Waals surface area contributed by atoms with E-state index in [-0.39, 0.29) is 18.3 Å². The third-order valence-corrected chi connectivity index (χ3v) is 2.70. The molecular weight excluding hydrogens is 187 g/mol. The van der Waals surface area contributed by atoms with E-state index in [1.54, 1.807) is 0 Å². The fourth-order valence-electron chi connectivity index (χ4n) is 1.84. The molecular formula is C10H15FO3. The van der Waals surface area contributed by atoms with Gasteiger partial charge < -0.3 is 4.74 Å². The maximum absolute atomic E-state index is 14.0. The molecule has 1 rings (SSSR count). The fraction of sp³-hybridized carbons (Fsp3) is 0.800. The summed E-state index contributed by atoms with van der Waals surface area (Å²) < 4.78 is 18.4. The van der Waals surface area contributed by atoms with E-state index < -0.39 is 17.4 Å². The zero-order valence-electron chi connectivity index (χ0n) is 8.72. The summed E-state index contributed by atoms with van der Waals surface area (Å²) >= 11 is 0. The number of hydrogen-bond donors (Lipinski definition) is 0. The summed E-state index contributed by atoms with van der Waals surface area (Å²) in [5.74, 6) is -1.71. The summed E-state index contributed by atoms with van der Waals surface area (Å²) in [7, 11) is 1.10. The Morgan fingerprint density at radius 1 is 1.50 bits per heavy atom. The quantitative estimate of drug-likeness (QED) is 0.479. The normalized spacial score (nSPS) is 31.3. The number of hydrogen-bond acceptors (Lipinski definition) is 3. The predicted octanol–water partition coefficient (Wildman–Crippen LogP) is 1.65. The molecule has 3 nitrogen and oxygen atoms in total. The van der Waals surface area contributed by atoms with Gasteiger partial charge >= 0.3 is 5.97 Å². The highest BCUT2D eigenvalue weighted by Gasteiger charge is 2.53. The topological polar surface area (TPSA) is 43.4 Å². The molecule has 0 spiro atoms. The minimum atomic E-state index is -2.42. The van der Waals surface area contributed by atoms with Crippen molar-refractivity contribution in [3.8, 4) is 0 Å². The molecule has 0 aliphatic heterocycles. The van der Waals surface area contributed by atoms with Gasteiger partial charge in [-0.25, -0.2) is 9.18 Å². The third-order valence-electron chi connectivity index (χ3n) is 2.70. The summed E-state index contributed by atoms with van der Waals surface area (Å²) in [6.45, 7) is 3.69. The summed E-state index contributed by atoms with van der Waals surface area (Å²) in [5, 5.41) is 0. The molecule has 0 aromatic carbocycles. The van der Waals surface area contributed by atoms with Crippen molar-refractivity contribution in [2.45, 2.75) is 38.8 Å². The Hall–Kier alpha value is -0.930. The van der Waals surface area contributed by atoms with Gasteiger partial charge in [-0.2, -0.15) is 0 Å². The molecule has 4 heteroatoms. The first-order valence-corrected chi connectivity index (χ1v) is 4.62.